The Bertz CT molecular complexity index is 1470. The largest absolute Gasteiger partial charge is 0.491 e. The third-order valence-corrected chi connectivity index (χ3v) is 7.36. The van der Waals surface area contributed by atoms with Gasteiger partial charge in [0.2, 0.25) is 0 Å². The van der Waals surface area contributed by atoms with Crippen molar-refractivity contribution in [1.82, 2.24) is 24.8 Å². The molecule has 2 aliphatic rings. The second kappa shape index (κ2) is 11.3. The molecule has 1 amide bonds. The number of fused-ring (bicyclic) bond motifs is 1. The van der Waals surface area contributed by atoms with Gasteiger partial charge in [0.1, 0.15) is 18.1 Å². The molecule has 0 aliphatic carbocycles. The van der Waals surface area contributed by atoms with E-state index in [0.717, 1.165) is 51.3 Å². The molecule has 0 bridgehead atoms. The molecule has 6 rings (SSSR count). The van der Waals surface area contributed by atoms with Crippen molar-refractivity contribution in [3.63, 3.8) is 0 Å². The molecule has 12 heteroatoms. The van der Waals surface area contributed by atoms with Crippen molar-refractivity contribution in [2.24, 2.45) is 0 Å². The predicted molar refractivity (Wildman–Crippen MR) is 148 cm³/mol. The van der Waals surface area contributed by atoms with Crippen LogP contribution in [-0.4, -0.2) is 70.9 Å². The van der Waals surface area contributed by atoms with Crippen molar-refractivity contribution in [3.8, 4) is 10.9 Å². The molecule has 0 radical (unpaired) electrons. The van der Waals surface area contributed by atoms with Crippen LogP contribution in [0.2, 0.25) is 0 Å². The number of aromatic amines is 1. The maximum Gasteiger partial charge on any atom is 0.332 e. The van der Waals surface area contributed by atoms with Crippen LogP contribution in [-0.2, 0) is 4.74 Å². The van der Waals surface area contributed by atoms with E-state index in [1.54, 1.807) is 23.8 Å². The summed E-state index contributed by atoms with van der Waals surface area (Å²) in [7, 11) is 0. The summed E-state index contributed by atoms with van der Waals surface area (Å²) in [4.78, 5) is 39.6. The number of nitrogens with one attached hydrogen (secondary N) is 3. The molecule has 1 aromatic carbocycles. The van der Waals surface area contributed by atoms with E-state index in [4.69, 9.17) is 9.47 Å². The molecule has 0 saturated carbocycles. The number of carbonyl (C=O) groups excluding carboxylic acids is 1. The van der Waals surface area contributed by atoms with Gasteiger partial charge in [-0.2, -0.15) is 0 Å². The van der Waals surface area contributed by atoms with E-state index >= 15 is 0 Å². The summed E-state index contributed by atoms with van der Waals surface area (Å²) in [6.07, 6.45) is 5.52. The van der Waals surface area contributed by atoms with Gasteiger partial charge < -0.3 is 30.0 Å². The van der Waals surface area contributed by atoms with Crippen molar-refractivity contribution in [2.75, 3.05) is 49.6 Å². The number of ether oxygens (including phenoxy) is 2. The Morgan fingerprint density at radius 3 is 2.95 bits per heavy atom. The zero-order valence-electron chi connectivity index (χ0n) is 20.1. The Balaban J connectivity index is 0.00000294. The van der Waals surface area contributed by atoms with Gasteiger partial charge in [0, 0.05) is 50.4 Å². The first-order chi connectivity index (χ1) is 18.2. The summed E-state index contributed by atoms with van der Waals surface area (Å²) in [5, 5.41) is 8.32. The fraction of sp³-hybridized carbons (Fsp3) is 0.385. The van der Waals surface area contributed by atoms with Gasteiger partial charge in [0.15, 0.2) is 5.13 Å². The molecule has 4 aromatic rings. The molecular formula is C26H31N7O4S. The van der Waals surface area contributed by atoms with E-state index in [-0.39, 0.29) is 30.8 Å². The second-order valence-corrected chi connectivity index (χ2v) is 9.83. The van der Waals surface area contributed by atoms with Crippen molar-refractivity contribution in [2.45, 2.75) is 26.4 Å². The highest BCUT2D eigenvalue weighted by atomic mass is 32.1. The Labute approximate surface area is 223 Å². The van der Waals surface area contributed by atoms with Gasteiger partial charge in [-0.3, -0.25) is 9.78 Å². The Morgan fingerprint density at radius 1 is 1.26 bits per heavy atom. The van der Waals surface area contributed by atoms with Crippen LogP contribution < -0.4 is 26.0 Å². The molecule has 38 heavy (non-hydrogen) atoms. The fourth-order valence-corrected chi connectivity index (χ4v) is 5.47. The fourth-order valence-electron chi connectivity index (χ4n) is 4.66. The van der Waals surface area contributed by atoms with Crippen molar-refractivity contribution in [1.29, 1.82) is 0 Å². The first-order valence-corrected chi connectivity index (χ1v) is 13.2. The molecular weight excluding hydrogens is 506 g/mol. The van der Waals surface area contributed by atoms with Crippen LogP contribution >= 0.6 is 11.3 Å². The van der Waals surface area contributed by atoms with Crippen molar-refractivity contribution in [3.05, 3.63) is 58.2 Å². The SMILES string of the molecule is C.O=C(Nc1cnccc1N1CCNCC1)c1csc(-n2c(=O)[nH]c3cc(OCC4CCCO4)ccc32)n1. The number of rotatable bonds is 7. The van der Waals surface area contributed by atoms with Crippen LogP contribution in [0.3, 0.4) is 0 Å². The number of imidazole rings is 1. The van der Waals surface area contributed by atoms with Gasteiger partial charge >= 0.3 is 5.69 Å². The maximum atomic E-state index is 13.1. The number of pyridine rings is 1. The summed E-state index contributed by atoms with van der Waals surface area (Å²) >= 11 is 1.23. The van der Waals surface area contributed by atoms with E-state index in [1.807, 2.05) is 18.2 Å². The normalized spacial score (nSPS) is 17.4. The summed E-state index contributed by atoms with van der Waals surface area (Å²) < 4.78 is 12.9. The maximum absolute atomic E-state index is 13.1. The van der Waals surface area contributed by atoms with Gasteiger partial charge in [0.05, 0.1) is 34.7 Å². The number of amides is 1. The predicted octanol–water partition coefficient (Wildman–Crippen LogP) is 3.03. The van der Waals surface area contributed by atoms with E-state index in [9.17, 15) is 9.59 Å². The Morgan fingerprint density at radius 2 is 2.13 bits per heavy atom. The van der Waals surface area contributed by atoms with E-state index in [2.05, 4.69) is 30.5 Å². The highest BCUT2D eigenvalue weighted by Gasteiger charge is 2.20. The van der Waals surface area contributed by atoms with Gasteiger partial charge in [0.25, 0.3) is 5.91 Å². The number of hydrogen-bond acceptors (Lipinski definition) is 9. The molecule has 2 saturated heterocycles. The molecule has 0 spiro atoms. The average molecular weight is 538 g/mol. The number of H-pyrrole nitrogens is 1. The standard InChI is InChI=1S/C25H27N7O4S.CH4/c33-23(28-19-13-27-6-5-21(19)31-9-7-26-8-10-31)20-15-37-25(30-20)32-22-4-3-16(12-18(22)29-24(32)34)36-14-17-2-1-11-35-17;/h3-6,12-13,15,17,26H,1-2,7-11,14H2,(H,28,33)(H,29,34);1H4. The monoisotopic (exact) mass is 537 g/mol. The molecule has 1 atom stereocenters. The number of benzene rings is 1. The topological polar surface area (TPSA) is 126 Å². The van der Waals surface area contributed by atoms with E-state index in [0.29, 0.717) is 34.2 Å². The van der Waals surface area contributed by atoms with Crippen LogP contribution in [0.4, 0.5) is 11.4 Å². The summed E-state index contributed by atoms with van der Waals surface area (Å²) in [6.45, 7) is 4.71. The van der Waals surface area contributed by atoms with Crippen LogP contribution in [0.1, 0.15) is 30.8 Å². The summed E-state index contributed by atoms with van der Waals surface area (Å²) in [5.41, 5.74) is 2.74. The van der Waals surface area contributed by atoms with Gasteiger partial charge in [-0.15, -0.1) is 11.3 Å². The van der Waals surface area contributed by atoms with E-state index < -0.39 is 0 Å². The molecule has 2 aliphatic heterocycles. The number of hydrogen-bond donors (Lipinski definition) is 3. The lowest BCUT2D eigenvalue weighted by Crippen LogP contribution is -2.43. The smallest absolute Gasteiger partial charge is 0.332 e. The number of carbonyl (C=O) groups is 1. The minimum absolute atomic E-state index is 0. The first-order valence-electron chi connectivity index (χ1n) is 12.3. The zero-order valence-corrected chi connectivity index (χ0v) is 20.9. The molecule has 2 fully saturated rings. The second-order valence-electron chi connectivity index (χ2n) is 8.99. The lowest BCUT2D eigenvalue weighted by atomic mass is 10.2. The highest BCUT2D eigenvalue weighted by molar-refractivity contribution is 7.12. The third-order valence-electron chi connectivity index (χ3n) is 6.53. The van der Waals surface area contributed by atoms with E-state index in [1.165, 1.54) is 15.9 Å². The number of nitrogens with zero attached hydrogens (tertiary/aromatic N) is 4. The summed E-state index contributed by atoms with van der Waals surface area (Å²) in [5.74, 6) is 0.303. The average Bonchev–Trinajstić information content (AvgIpc) is 3.68. The van der Waals surface area contributed by atoms with Crippen LogP contribution in [0.15, 0.2) is 46.8 Å². The van der Waals surface area contributed by atoms with Gasteiger partial charge in [-0.05, 0) is 31.0 Å². The summed E-state index contributed by atoms with van der Waals surface area (Å²) in [6, 6.07) is 7.33. The van der Waals surface area contributed by atoms with Crippen molar-refractivity contribution < 1.29 is 14.3 Å². The van der Waals surface area contributed by atoms with Gasteiger partial charge in [-0.1, -0.05) is 7.43 Å². The van der Waals surface area contributed by atoms with Crippen molar-refractivity contribution >= 4 is 39.7 Å². The molecule has 1 unspecified atom stereocenters. The van der Waals surface area contributed by atoms with Crippen LogP contribution in [0.5, 0.6) is 5.75 Å². The van der Waals surface area contributed by atoms with Crippen LogP contribution in [0, 0.1) is 0 Å². The Kier molecular flexibility index (Phi) is 7.72. The molecule has 11 nitrogen and oxygen atoms in total. The molecule has 3 aromatic heterocycles. The number of aromatic nitrogens is 4. The minimum Gasteiger partial charge on any atom is -0.491 e. The third kappa shape index (κ3) is 5.28. The van der Waals surface area contributed by atoms with Gasteiger partial charge in [-0.25, -0.2) is 14.3 Å². The Hall–Kier alpha value is -3.74. The zero-order chi connectivity index (χ0) is 25.2. The lowest BCUT2D eigenvalue weighted by molar-refractivity contribution is 0.0680. The number of thiazole rings is 1. The minimum atomic E-state index is -0.357. The quantitative estimate of drug-likeness (QED) is 0.328. The number of piperazine rings is 1. The lowest BCUT2D eigenvalue weighted by Gasteiger charge is -2.30. The molecule has 5 heterocycles. The molecule has 3 N–H and O–H groups in total. The molecule has 200 valence electrons. The highest BCUT2D eigenvalue weighted by Crippen LogP contribution is 2.27. The first kappa shape index (κ1) is 25.9. The number of anilines is 2. The van der Waals surface area contributed by atoms with Crippen LogP contribution in [0.25, 0.3) is 16.2 Å².